The molecule has 4 unspecified atom stereocenters. The molecule has 10 N–H and O–H groups in total. The zero-order valence-corrected chi connectivity index (χ0v) is 22.0. The molecule has 218 valence electrons. The Morgan fingerprint density at radius 1 is 0.850 bits per heavy atom. The standard InChI is InChI=1S/C26H37N7O7/c27-11-5-4-8-19(24(37)33-21(26(39)40)12-16-6-2-1-3-7-16)31-25(38)20(13-17-14-29-15-30-17)32-23(36)18(28)9-10-22(34)35/h1-3,6-7,14-15,18-21H,4-5,8-13,27-28H2,(H,29,30)(H,31,38)(H,32,36)(H,33,37)(H,34,35)(H,39,40). The number of nitrogens with zero attached hydrogens (tertiary/aromatic N) is 1. The Kier molecular flexibility index (Phi) is 13.3. The van der Waals surface area contributed by atoms with Gasteiger partial charge in [0.05, 0.1) is 12.4 Å². The molecular weight excluding hydrogens is 522 g/mol. The number of carbonyl (C=O) groups excluding carboxylic acids is 3. The summed E-state index contributed by atoms with van der Waals surface area (Å²) >= 11 is 0. The molecule has 0 spiro atoms. The molecule has 14 heteroatoms. The van der Waals surface area contributed by atoms with Crippen molar-refractivity contribution >= 4 is 29.7 Å². The van der Waals surface area contributed by atoms with E-state index in [1.807, 2.05) is 0 Å². The van der Waals surface area contributed by atoms with Crippen LogP contribution in [0.5, 0.6) is 0 Å². The number of amides is 3. The highest BCUT2D eigenvalue weighted by Crippen LogP contribution is 2.08. The van der Waals surface area contributed by atoms with Crippen LogP contribution in [0.3, 0.4) is 0 Å². The maximum Gasteiger partial charge on any atom is 0.326 e. The number of aromatic amines is 1. The number of carboxylic acids is 2. The van der Waals surface area contributed by atoms with Crippen molar-refractivity contribution in [3.05, 3.63) is 54.1 Å². The number of H-pyrrole nitrogens is 1. The second kappa shape index (κ2) is 16.6. The van der Waals surface area contributed by atoms with Gasteiger partial charge in [-0.3, -0.25) is 19.2 Å². The van der Waals surface area contributed by atoms with Crippen molar-refractivity contribution in [3.63, 3.8) is 0 Å². The minimum Gasteiger partial charge on any atom is -0.481 e. The molecule has 0 aliphatic carbocycles. The largest absolute Gasteiger partial charge is 0.481 e. The van der Waals surface area contributed by atoms with Crippen LogP contribution in [0.2, 0.25) is 0 Å². The maximum atomic E-state index is 13.3. The first-order valence-corrected chi connectivity index (χ1v) is 12.9. The summed E-state index contributed by atoms with van der Waals surface area (Å²) in [6, 6.07) is 4.08. The summed E-state index contributed by atoms with van der Waals surface area (Å²) in [5.41, 5.74) is 12.6. The van der Waals surface area contributed by atoms with Gasteiger partial charge in [0.2, 0.25) is 17.7 Å². The van der Waals surface area contributed by atoms with Crippen molar-refractivity contribution in [2.75, 3.05) is 6.54 Å². The summed E-state index contributed by atoms with van der Waals surface area (Å²) in [6.07, 6.45) is 3.63. The molecule has 1 heterocycles. The number of rotatable bonds is 18. The lowest BCUT2D eigenvalue weighted by Gasteiger charge is -2.25. The summed E-state index contributed by atoms with van der Waals surface area (Å²) in [7, 11) is 0. The van der Waals surface area contributed by atoms with Gasteiger partial charge in [0.1, 0.15) is 18.1 Å². The van der Waals surface area contributed by atoms with E-state index in [0.717, 1.165) is 0 Å². The number of carboxylic acid groups (broad SMARTS) is 2. The molecule has 0 aliphatic heterocycles. The van der Waals surface area contributed by atoms with Crippen molar-refractivity contribution < 1.29 is 34.2 Å². The fraction of sp³-hybridized carbons (Fsp3) is 0.462. The van der Waals surface area contributed by atoms with Gasteiger partial charge < -0.3 is 42.6 Å². The average Bonchev–Trinajstić information content (AvgIpc) is 3.44. The molecule has 14 nitrogen and oxygen atoms in total. The van der Waals surface area contributed by atoms with Crippen molar-refractivity contribution in [1.82, 2.24) is 25.9 Å². The van der Waals surface area contributed by atoms with Gasteiger partial charge in [-0.05, 0) is 37.8 Å². The van der Waals surface area contributed by atoms with E-state index in [2.05, 4.69) is 25.9 Å². The van der Waals surface area contributed by atoms with Gasteiger partial charge in [0.15, 0.2) is 0 Å². The first kappa shape index (κ1) is 31.9. The van der Waals surface area contributed by atoms with Gasteiger partial charge in [0.25, 0.3) is 0 Å². The van der Waals surface area contributed by atoms with E-state index < -0.39 is 53.8 Å². The molecule has 0 fully saturated rings. The predicted octanol–water partition coefficient (Wildman–Crippen LogP) is -0.945. The Hall–Kier alpha value is -4.30. The molecule has 0 saturated carbocycles. The summed E-state index contributed by atoms with van der Waals surface area (Å²) in [6.45, 7) is 0.362. The molecule has 2 rings (SSSR count). The number of hydrogen-bond donors (Lipinski definition) is 8. The highest BCUT2D eigenvalue weighted by Gasteiger charge is 2.30. The van der Waals surface area contributed by atoms with Crippen LogP contribution in [0.4, 0.5) is 0 Å². The second-order valence-electron chi connectivity index (χ2n) is 9.32. The number of carbonyl (C=O) groups is 5. The summed E-state index contributed by atoms with van der Waals surface area (Å²) in [5, 5.41) is 26.2. The number of nitrogens with one attached hydrogen (secondary N) is 4. The highest BCUT2D eigenvalue weighted by molar-refractivity contribution is 5.94. The van der Waals surface area contributed by atoms with Gasteiger partial charge in [-0.15, -0.1) is 0 Å². The number of nitrogens with two attached hydrogens (primary N) is 2. The quantitative estimate of drug-likeness (QED) is 0.104. The fourth-order valence-corrected chi connectivity index (χ4v) is 3.87. The minimum absolute atomic E-state index is 0.0217. The van der Waals surface area contributed by atoms with Crippen molar-refractivity contribution in [3.8, 4) is 0 Å². The van der Waals surface area contributed by atoms with Crippen molar-refractivity contribution in [2.45, 2.75) is 69.1 Å². The molecule has 1 aromatic carbocycles. The molecule has 4 atom stereocenters. The Balaban J connectivity index is 2.17. The number of aromatic nitrogens is 2. The molecule has 1 aromatic heterocycles. The maximum absolute atomic E-state index is 13.3. The molecule has 40 heavy (non-hydrogen) atoms. The van der Waals surface area contributed by atoms with Crippen LogP contribution in [0.25, 0.3) is 0 Å². The van der Waals surface area contributed by atoms with Gasteiger partial charge in [-0.1, -0.05) is 30.3 Å². The number of unbranched alkanes of at least 4 members (excludes halogenated alkanes) is 1. The van der Waals surface area contributed by atoms with Crippen LogP contribution in [-0.2, 0) is 36.8 Å². The van der Waals surface area contributed by atoms with Gasteiger partial charge >= 0.3 is 11.9 Å². The van der Waals surface area contributed by atoms with Crippen LogP contribution >= 0.6 is 0 Å². The number of imidazole rings is 1. The third-order valence-electron chi connectivity index (χ3n) is 6.09. The lowest BCUT2D eigenvalue weighted by atomic mass is 10.0. The van der Waals surface area contributed by atoms with Crippen molar-refractivity contribution in [2.24, 2.45) is 11.5 Å². The van der Waals surface area contributed by atoms with Crippen LogP contribution < -0.4 is 27.4 Å². The zero-order valence-electron chi connectivity index (χ0n) is 22.0. The third-order valence-corrected chi connectivity index (χ3v) is 6.09. The first-order valence-electron chi connectivity index (χ1n) is 12.9. The normalized spacial score (nSPS) is 13.8. The fourth-order valence-electron chi connectivity index (χ4n) is 3.87. The zero-order chi connectivity index (χ0) is 29.5. The van der Waals surface area contributed by atoms with Crippen LogP contribution in [0.1, 0.15) is 43.4 Å². The van der Waals surface area contributed by atoms with Gasteiger partial charge in [-0.2, -0.15) is 0 Å². The predicted molar refractivity (Wildman–Crippen MR) is 144 cm³/mol. The minimum atomic E-state index is -1.24. The van der Waals surface area contributed by atoms with Crippen LogP contribution in [-0.4, -0.2) is 80.6 Å². The lowest BCUT2D eigenvalue weighted by molar-refractivity contribution is -0.142. The van der Waals surface area contributed by atoms with E-state index in [9.17, 15) is 29.1 Å². The van der Waals surface area contributed by atoms with Crippen LogP contribution in [0, 0.1) is 0 Å². The number of aliphatic carboxylic acids is 2. The summed E-state index contributed by atoms with van der Waals surface area (Å²) in [4.78, 5) is 68.6. The van der Waals surface area contributed by atoms with E-state index in [0.29, 0.717) is 30.6 Å². The number of hydrogen-bond acceptors (Lipinski definition) is 8. The Labute approximate surface area is 231 Å². The number of benzene rings is 1. The molecule has 0 aliphatic rings. The van der Waals surface area contributed by atoms with Gasteiger partial charge in [0, 0.05) is 31.2 Å². The summed E-state index contributed by atoms with van der Waals surface area (Å²) in [5.74, 6) is -4.49. The van der Waals surface area contributed by atoms with E-state index in [-0.39, 0.29) is 32.1 Å². The second-order valence-corrected chi connectivity index (χ2v) is 9.32. The van der Waals surface area contributed by atoms with Crippen molar-refractivity contribution in [1.29, 1.82) is 0 Å². The molecule has 2 aromatic rings. The highest BCUT2D eigenvalue weighted by atomic mass is 16.4. The monoisotopic (exact) mass is 559 g/mol. The topological polar surface area (TPSA) is 243 Å². The Morgan fingerprint density at radius 2 is 1.50 bits per heavy atom. The Bertz CT molecular complexity index is 1110. The molecular formula is C26H37N7O7. The van der Waals surface area contributed by atoms with E-state index in [4.69, 9.17) is 16.6 Å². The van der Waals surface area contributed by atoms with E-state index >= 15 is 0 Å². The smallest absolute Gasteiger partial charge is 0.326 e. The van der Waals surface area contributed by atoms with Crippen LogP contribution in [0.15, 0.2) is 42.9 Å². The first-order chi connectivity index (χ1) is 19.1. The van der Waals surface area contributed by atoms with Gasteiger partial charge in [-0.25, -0.2) is 9.78 Å². The summed E-state index contributed by atoms with van der Waals surface area (Å²) < 4.78 is 0. The third kappa shape index (κ3) is 11.2. The Morgan fingerprint density at radius 3 is 2.10 bits per heavy atom. The molecule has 3 amide bonds. The SMILES string of the molecule is NCCCCC(NC(=O)C(Cc1cnc[nH]1)NC(=O)C(N)CCC(=O)O)C(=O)NC(Cc1ccccc1)C(=O)O. The molecule has 0 bridgehead atoms. The van der Waals surface area contributed by atoms with E-state index in [1.54, 1.807) is 30.3 Å². The van der Waals surface area contributed by atoms with E-state index in [1.165, 1.54) is 12.5 Å². The molecule has 0 radical (unpaired) electrons. The molecule has 0 saturated heterocycles. The average molecular weight is 560 g/mol. The lowest BCUT2D eigenvalue weighted by Crippen LogP contribution is -2.57.